The summed E-state index contributed by atoms with van der Waals surface area (Å²) in [5, 5.41) is 38.7. The smallest absolute Gasteiger partial charge is 0.186 e. The molecule has 0 aromatic carbocycles. The van der Waals surface area contributed by atoms with Crippen LogP contribution in [0.15, 0.2) is 11.6 Å². The van der Waals surface area contributed by atoms with E-state index >= 15 is 0 Å². The van der Waals surface area contributed by atoms with Crippen LogP contribution >= 0.6 is 0 Å². The summed E-state index contributed by atoms with van der Waals surface area (Å²) in [4.78, 5) is 11.7. The topological polar surface area (TPSA) is 116 Å². The van der Waals surface area contributed by atoms with Crippen molar-refractivity contribution in [2.75, 3.05) is 13.2 Å². The Labute approximate surface area is 135 Å². The van der Waals surface area contributed by atoms with Gasteiger partial charge < -0.3 is 29.9 Å². The first-order valence-electron chi connectivity index (χ1n) is 7.80. The van der Waals surface area contributed by atoms with Crippen molar-refractivity contribution in [3.05, 3.63) is 11.6 Å². The number of allylic oxidation sites excluding steroid dienone is 1. The van der Waals surface area contributed by atoms with E-state index in [0.717, 1.165) is 5.57 Å². The minimum atomic E-state index is -1.46. The van der Waals surface area contributed by atoms with Gasteiger partial charge >= 0.3 is 0 Å². The van der Waals surface area contributed by atoms with Crippen molar-refractivity contribution in [1.29, 1.82) is 0 Å². The molecule has 132 valence electrons. The second kappa shape index (κ2) is 6.96. The van der Waals surface area contributed by atoms with Gasteiger partial charge in [0.15, 0.2) is 12.1 Å². The number of ketones is 1. The highest BCUT2D eigenvalue weighted by molar-refractivity contribution is 5.91. The summed E-state index contributed by atoms with van der Waals surface area (Å²) in [6, 6.07) is 0. The van der Waals surface area contributed by atoms with Gasteiger partial charge in [-0.15, -0.1) is 0 Å². The van der Waals surface area contributed by atoms with Crippen LogP contribution < -0.4 is 0 Å². The second-order valence-electron chi connectivity index (χ2n) is 7.10. The normalized spacial score (nSPS) is 40.8. The standard InChI is InChI=1S/C16H26O7/c1-8-4-9(18)5-16(2,3)10(8)7-22-15-14(21)13(20)12(19)11(6-17)23-15/h4,10-15,17,19-21H,5-7H2,1-3H3/t10-,11-,12-,13+,14-,15-/m1/s1. The fraction of sp³-hybridized carbons (Fsp3) is 0.812. The first-order valence-corrected chi connectivity index (χ1v) is 7.80. The molecule has 7 heteroatoms. The molecule has 4 N–H and O–H groups in total. The lowest BCUT2D eigenvalue weighted by atomic mass is 9.68. The van der Waals surface area contributed by atoms with Crippen LogP contribution in [-0.4, -0.2) is 70.1 Å². The molecule has 1 saturated heterocycles. The third kappa shape index (κ3) is 3.81. The molecule has 0 amide bonds. The van der Waals surface area contributed by atoms with E-state index < -0.39 is 37.3 Å². The van der Waals surface area contributed by atoms with E-state index in [2.05, 4.69) is 0 Å². The fourth-order valence-corrected chi connectivity index (χ4v) is 3.35. The van der Waals surface area contributed by atoms with E-state index in [4.69, 9.17) is 9.47 Å². The molecule has 0 radical (unpaired) electrons. The second-order valence-corrected chi connectivity index (χ2v) is 7.10. The Morgan fingerprint density at radius 2 is 1.91 bits per heavy atom. The summed E-state index contributed by atoms with van der Waals surface area (Å²) in [7, 11) is 0. The van der Waals surface area contributed by atoms with Gasteiger partial charge in [0.25, 0.3) is 0 Å². The Kier molecular flexibility index (Phi) is 5.60. The minimum absolute atomic E-state index is 0.0347. The SMILES string of the molecule is CC1=CC(=O)CC(C)(C)[C@@H]1CO[C@@H]1O[C@H](CO)[C@@H](O)[C@H](O)[C@H]1O. The van der Waals surface area contributed by atoms with Crippen molar-refractivity contribution in [2.24, 2.45) is 11.3 Å². The summed E-state index contributed by atoms with van der Waals surface area (Å²) in [6.45, 7) is 5.52. The molecule has 1 heterocycles. The first-order chi connectivity index (χ1) is 10.7. The monoisotopic (exact) mass is 330 g/mol. The molecular formula is C16H26O7. The van der Waals surface area contributed by atoms with Crippen molar-refractivity contribution in [3.63, 3.8) is 0 Å². The van der Waals surface area contributed by atoms with Crippen LogP contribution in [0.5, 0.6) is 0 Å². The summed E-state index contributed by atoms with van der Waals surface area (Å²) < 4.78 is 10.9. The third-order valence-corrected chi connectivity index (χ3v) is 4.79. The first kappa shape index (κ1) is 18.5. The van der Waals surface area contributed by atoms with Gasteiger partial charge in [-0.2, -0.15) is 0 Å². The molecule has 1 fully saturated rings. The molecule has 23 heavy (non-hydrogen) atoms. The number of rotatable bonds is 4. The quantitative estimate of drug-likeness (QED) is 0.542. The Morgan fingerprint density at radius 1 is 1.26 bits per heavy atom. The molecule has 0 aromatic heterocycles. The van der Waals surface area contributed by atoms with Crippen LogP contribution in [0.4, 0.5) is 0 Å². The van der Waals surface area contributed by atoms with E-state index in [1.165, 1.54) is 0 Å². The number of aliphatic hydroxyl groups excluding tert-OH is 4. The molecule has 6 atom stereocenters. The van der Waals surface area contributed by atoms with Crippen LogP contribution in [0.1, 0.15) is 27.2 Å². The van der Waals surface area contributed by atoms with E-state index in [0.29, 0.717) is 6.42 Å². The van der Waals surface area contributed by atoms with Crippen molar-refractivity contribution in [3.8, 4) is 0 Å². The van der Waals surface area contributed by atoms with Crippen LogP contribution in [0.25, 0.3) is 0 Å². The summed E-state index contributed by atoms with van der Waals surface area (Å²) in [5.41, 5.74) is 0.611. The van der Waals surface area contributed by atoms with Gasteiger partial charge in [0.2, 0.25) is 0 Å². The predicted molar refractivity (Wildman–Crippen MR) is 80.4 cm³/mol. The van der Waals surface area contributed by atoms with E-state index in [-0.39, 0.29) is 23.7 Å². The molecule has 0 aromatic rings. The minimum Gasteiger partial charge on any atom is -0.394 e. The van der Waals surface area contributed by atoms with Gasteiger partial charge in [-0.1, -0.05) is 19.4 Å². The molecule has 0 unspecified atom stereocenters. The van der Waals surface area contributed by atoms with Crippen LogP contribution in [0.2, 0.25) is 0 Å². The Balaban J connectivity index is 2.04. The number of carbonyl (C=O) groups excluding carboxylic acids is 1. The van der Waals surface area contributed by atoms with Crippen molar-refractivity contribution in [2.45, 2.75) is 57.9 Å². The zero-order valence-corrected chi connectivity index (χ0v) is 13.7. The molecule has 2 rings (SSSR count). The van der Waals surface area contributed by atoms with Gasteiger partial charge in [-0.25, -0.2) is 0 Å². The number of carbonyl (C=O) groups is 1. The van der Waals surface area contributed by atoms with E-state index in [1.807, 2.05) is 20.8 Å². The molecule has 1 aliphatic heterocycles. The van der Waals surface area contributed by atoms with Gasteiger partial charge in [-0.3, -0.25) is 4.79 Å². The summed E-state index contributed by atoms with van der Waals surface area (Å²) in [5.74, 6) is 0.0455. The number of ether oxygens (including phenoxy) is 2. The average Bonchev–Trinajstić information content (AvgIpc) is 2.45. The highest BCUT2D eigenvalue weighted by Gasteiger charge is 2.45. The molecule has 0 spiro atoms. The molecule has 0 bridgehead atoms. The van der Waals surface area contributed by atoms with Gasteiger partial charge in [-0.05, 0) is 18.4 Å². The molecule has 2 aliphatic rings. The number of hydrogen-bond acceptors (Lipinski definition) is 7. The highest BCUT2D eigenvalue weighted by Crippen LogP contribution is 2.40. The highest BCUT2D eigenvalue weighted by atomic mass is 16.7. The number of hydrogen-bond donors (Lipinski definition) is 4. The van der Waals surface area contributed by atoms with Crippen molar-refractivity contribution < 1.29 is 34.7 Å². The van der Waals surface area contributed by atoms with Crippen molar-refractivity contribution in [1.82, 2.24) is 0 Å². The Bertz CT molecular complexity index is 471. The lowest BCUT2D eigenvalue weighted by molar-refractivity contribution is -0.303. The predicted octanol–water partition coefficient (Wildman–Crippen LogP) is -0.636. The zero-order valence-electron chi connectivity index (χ0n) is 13.7. The Hall–Kier alpha value is -0.830. The third-order valence-electron chi connectivity index (χ3n) is 4.79. The zero-order chi connectivity index (χ0) is 17.4. The lowest BCUT2D eigenvalue weighted by Gasteiger charge is -2.42. The maximum Gasteiger partial charge on any atom is 0.186 e. The van der Waals surface area contributed by atoms with Gasteiger partial charge in [0, 0.05) is 12.3 Å². The lowest BCUT2D eigenvalue weighted by Crippen LogP contribution is -2.59. The maximum atomic E-state index is 11.7. The fourth-order valence-electron chi connectivity index (χ4n) is 3.35. The van der Waals surface area contributed by atoms with E-state index in [9.17, 15) is 25.2 Å². The van der Waals surface area contributed by atoms with Crippen molar-refractivity contribution >= 4 is 5.78 Å². The van der Waals surface area contributed by atoms with Gasteiger partial charge in [0.1, 0.15) is 24.4 Å². The maximum absolute atomic E-state index is 11.7. The largest absolute Gasteiger partial charge is 0.394 e. The van der Waals surface area contributed by atoms with Crippen LogP contribution in [0.3, 0.4) is 0 Å². The molecular weight excluding hydrogens is 304 g/mol. The van der Waals surface area contributed by atoms with Crippen LogP contribution in [-0.2, 0) is 14.3 Å². The number of aliphatic hydroxyl groups is 4. The molecule has 7 nitrogen and oxygen atoms in total. The summed E-state index contributed by atoms with van der Waals surface area (Å²) in [6.07, 6.45) is -4.39. The average molecular weight is 330 g/mol. The Morgan fingerprint density at radius 3 is 2.48 bits per heavy atom. The summed E-state index contributed by atoms with van der Waals surface area (Å²) >= 11 is 0. The molecule has 0 saturated carbocycles. The van der Waals surface area contributed by atoms with E-state index in [1.54, 1.807) is 6.08 Å². The molecule has 1 aliphatic carbocycles. The van der Waals surface area contributed by atoms with Gasteiger partial charge in [0.05, 0.1) is 13.2 Å². The van der Waals surface area contributed by atoms with Crippen LogP contribution in [0, 0.1) is 11.3 Å².